The van der Waals surface area contributed by atoms with Gasteiger partial charge in [0.2, 0.25) is 0 Å². The third kappa shape index (κ3) is 1.80. The van der Waals surface area contributed by atoms with E-state index in [0.29, 0.717) is 16.1 Å². The SMILES string of the molecule is Cc1cc(Cl)ccc1C1C(=O)c2ccccc2C1=O. The van der Waals surface area contributed by atoms with Crippen LogP contribution in [-0.2, 0) is 0 Å². The van der Waals surface area contributed by atoms with Crippen LogP contribution < -0.4 is 0 Å². The third-order valence-corrected chi connectivity index (χ3v) is 3.76. The maximum atomic E-state index is 12.4. The highest BCUT2D eigenvalue weighted by Crippen LogP contribution is 2.35. The second-order valence-corrected chi connectivity index (χ2v) is 5.14. The lowest BCUT2D eigenvalue weighted by Gasteiger charge is -2.11. The number of carbonyl (C=O) groups excluding carboxylic acids is 2. The number of rotatable bonds is 1. The van der Waals surface area contributed by atoms with Crippen LogP contribution in [0.25, 0.3) is 0 Å². The van der Waals surface area contributed by atoms with E-state index in [1.165, 1.54) is 0 Å². The van der Waals surface area contributed by atoms with Crippen molar-refractivity contribution < 1.29 is 9.59 Å². The number of Topliss-reactive ketones (excluding diaryl/α,β-unsaturated/α-hetero) is 2. The molecule has 0 amide bonds. The maximum absolute atomic E-state index is 12.4. The van der Waals surface area contributed by atoms with Crippen molar-refractivity contribution in [2.45, 2.75) is 12.8 Å². The van der Waals surface area contributed by atoms with Crippen molar-refractivity contribution in [1.82, 2.24) is 0 Å². The average Bonchev–Trinajstić information content (AvgIpc) is 2.64. The molecule has 0 saturated carbocycles. The highest BCUT2D eigenvalue weighted by molar-refractivity contribution is 6.31. The lowest BCUT2D eigenvalue weighted by molar-refractivity contribution is 0.0889. The molecule has 0 aromatic heterocycles. The highest BCUT2D eigenvalue weighted by Gasteiger charge is 2.39. The minimum Gasteiger partial charge on any atom is -0.293 e. The van der Waals surface area contributed by atoms with Crippen LogP contribution in [0.5, 0.6) is 0 Å². The summed E-state index contributed by atoms with van der Waals surface area (Å²) in [5, 5.41) is 0.608. The van der Waals surface area contributed by atoms with Crippen molar-refractivity contribution in [3.05, 3.63) is 69.7 Å². The summed E-state index contributed by atoms with van der Waals surface area (Å²) in [5.74, 6) is -0.952. The maximum Gasteiger partial charge on any atom is 0.178 e. The molecule has 2 aromatic rings. The zero-order valence-electron chi connectivity index (χ0n) is 10.3. The van der Waals surface area contributed by atoms with E-state index >= 15 is 0 Å². The van der Waals surface area contributed by atoms with Crippen LogP contribution in [0, 0.1) is 6.92 Å². The Kier molecular flexibility index (Phi) is 2.76. The molecule has 2 nitrogen and oxygen atoms in total. The smallest absolute Gasteiger partial charge is 0.178 e. The van der Waals surface area contributed by atoms with Gasteiger partial charge in [0.05, 0.1) is 0 Å². The summed E-state index contributed by atoms with van der Waals surface area (Å²) < 4.78 is 0. The van der Waals surface area contributed by atoms with Gasteiger partial charge < -0.3 is 0 Å². The van der Waals surface area contributed by atoms with Crippen molar-refractivity contribution in [1.29, 1.82) is 0 Å². The zero-order valence-corrected chi connectivity index (χ0v) is 11.1. The highest BCUT2D eigenvalue weighted by atomic mass is 35.5. The first-order chi connectivity index (χ1) is 9.09. The molecule has 0 fully saturated rings. The fourth-order valence-corrected chi connectivity index (χ4v) is 2.82. The molecule has 1 aliphatic rings. The summed E-state index contributed by atoms with van der Waals surface area (Å²) in [7, 11) is 0. The van der Waals surface area contributed by atoms with Gasteiger partial charge in [0, 0.05) is 16.1 Å². The average molecular weight is 271 g/mol. The van der Waals surface area contributed by atoms with Crippen LogP contribution in [0.4, 0.5) is 0 Å². The van der Waals surface area contributed by atoms with E-state index in [9.17, 15) is 9.59 Å². The number of hydrogen-bond donors (Lipinski definition) is 0. The molecule has 3 rings (SSSR count). The van der Waals surface area contributed by atoms with Gasteiger partial charge in [-0.25, -0.2) is 0 Å². The molecule has 0 spiro atoms. The van der Waals surface area contributed by atoms with E-state index in [-0.39, 0.29) is 11.6 Å². The fraction of sp³-hybridized carbons (Fsp3) is 0.125. The van der Waals surface area contributed by atoms with Crippen LogP contribution >= 0.6 is 11.6 Å². The van der Waals surface area contributed by atoms with E-state index in [1.807, 2.05) is 6.92 Å². The molecule has 3 heteroatoms. The Morgan fingerprint density at radius 1 is 0.947 bits per heavy atom. The van der Waals surface area contributed by atoms with Crippen molar-refractivity contribution in [3.63, 3.8) is 0 Å². The molecule has 1 aliphatic carbocycles. The van der Waals surface area contributed by atoms with Crippen LogP contribution in [0.15, 0.2) is 42.5 Å². The van der Waals surface area contributed by atoms with Crippen LogP contribution in [0.2, 0.25) is 5.02 Å². The topological polar surface area (TPSA) is 34.1 Å². The lowest BCUT2D eigenvalue weighted by atomic mass is 9.91. The van der Waals surface area contributed by atoms with Crippen LogP contribution in [-0.4, -0.2) is 11.6 Å². The number of aryl methyl sites for hydroxylation is 1. The van der Waals surface area contributed by atoms with Gasteiger partial charge in [0.25, 0.3) is 0 Å². The largest absolute Gasteiger partial charge is 0.293 e. The van der Waals surface area contributed by atoms with E-state index in [4.69, 9.17) is 11.6 Å². The van der Waals surface area contributed by atoms with Gasteiger partial charge in [-0.3, -0.25) is 9.59 Å². The molecule has 0 heterocycles. The van der Waals surface area contributed by atoms with Crippen molar-refractivity contribution in [2.24, 2.45) is 0 Å². The summed E-state index contributed by atoms with van der Waals surface area (Å²) in [6, 6.07) is 12.2. The number of hydrogen-bond acceptors (Lipinski definition) is 2. The monoisotopic (exact) mass is 270 g/mol. The van der Waals surface area contributed by atoms with Gasteiger partial charge in [-0.15, -0.1) is 0 Å². The summed E-state index contributed by atoms with van der Waals surface area (Å²) in [6.07, 6.45) is 0. The Bertz CT molecular complexity index is 669. The Morgan fingerprint density at radius 3 is 2.05 bits per heavy atom. The van der Waals surface area contributed by atoms with E-state index in [0.717, 1.165) is 11.1 Å². The second-order valence-electron chi connectivity index (χ2n) is 4.71. The minimum absolute atomic E-state index is 0.119. The molecule has 19 heavy (non-hydrogen) atoms. The Hall–Kier alpha value is -1.93. The molecule has 0 radical (unpaired) electrons. The minimum atomic E-state index is -0.713. The first-order valence-corrected chi connectivity index (χ1v) is 6.41. The number of benzene rings is 2. The summed E-state index contributed by atoms with van der Waals surface area (Å²) in [4.78, 5) is 24.8. The Labute approximate surface area is 116 Å². The molecule has 0 atom stereocenters. The number of fused-ring (bicyclic) bond motifs is 1. The predicted octanol–water partition coefficient (Wildman–Crippen LogP) is 3.81. The molecule has 0 N–H and O–H groups in total. The summed E-state index contributed by atoms with van der Waals surface area (Å²) in [5.41, 5.74) is 2.65. The summed E-state index contributed by atoms with van der Waals surface area (Å²) in [6.45, 7) is 1.87. The number of carbonyl (C=O) groups is 2. The van der Waals surface area contributed by atoms with E-state index < -0.39 is 5.92 Å². The number of halogens is 1. The second kappa shape index (κ2) is 4.32. The predicted molar refractivity (Wildman–Crippen MR) is 74.0 cm³/mol. The fourth-order valence-electron chi connectivity index (χ4n) is 2.59. The van der Waals surface area contributed by atoms with Crippen molar-refractivity contribution >= 4 is 23.2 Å². The van der Waals surface area contributed by atoms with Crippen molar-refractivity contribution in [3.8, 4) is 0 Å². The van der Waals surface area contributed by atoms with Gasteiger partial charge in [-0.05, 0) is 30.2 Å². The van der Waals surface area contributed by atoms with Crippen LogP contribution in [0.1, 0.15) is 37.8 Å². The third-order valence-electron chi connectivity index (χ3n) is 3.53. The number of ketones is 2. The van der Waals surface area contributed by atoms with Gasteiger partial charge in [0.1, 0.15) is 5.92 Å². The lowest BCUT2D eigenvalue weighted by Crippen LogP contribution is -2.14. The molecule has 0 saturated heterocycles. The normalized spacial score (nSPS) is 14.8. The Balaban J connectivity index is 2.14. The molecule has 0 unspecified atom stereocenters. The molecular formula is C16H11ClO2. The van der Waals surface area contributed by atoms with Crippen molar-refractivity contribution in [2.75, 3.05) is 0 Å². The van der Waals surface area contributed by atoms with Gasteiger partial charge in [0.15, 0.2) is 11.6 Å². The van der Waals surface area contributed by atoms with Gasteiger partial charge in [-0.2, -0.15) is 0 Å². The zero-order chi connectivity index (χ0) is 13.6. The molecule has 0 aliphatic heterocycles. The van der Waals surface area contributed by atoms with Gasteiger partial charge >= 0.3 is 0 Å². The molecule has 0 bridgehead atoms. The van der Waals surface area contributed by atoms with Crippen LogP contribution in [0.3, 0.4) is 0 Å². The van der Waals surface area contributed by atoms with E-state index in [1.54, 1.807) is 42.5 Å². The first kappa shape index (κ1) is 12.1. The molecule has 2 aromatic carbocycles. The first-order valence-electron chi connectivity index (χ1n) is 6.03. The molecule has 94 valence electrons. The quantitative estimate of drug-likeness (QED) is 0.739. The Morgan fingerprint density at radius 2 is 1.53 bits per heavy atom. The van der Waals surface area contributed by atoms with E-state index in [2.05, 4.69) is 0 Å². The molecular weight excluding hydrogens is 260 g/mol. The summed E-state index contributed by atoms with van der Waals surface area (Å²) >= 11 is 5.92. The standard InChI is InChI=1S/C16H11ClO2/c1-9-8-10(17)6-7-11(9)14-15(18)12-4-2-3-5-13(12)16(14)19/h2-8,14H,1H3. The van der Waals surface area contributed by atoms with Gasteiger partial charge in [-0.1, -0.05) is 41.9 Å².